The fraction of sp³-hybridized carbons (Fsp3) is 0.231. The molecule has 0 atom stereocenters. The molecule has 0 saturated carbocycles. The summed E-state index contributed by atoms with van der Waals surface area (Å²) in [5.74, 6) is 0.729. The molecule has 8 nitrogen and oxygen atoms in total. The van der Waals surface area contributed by atoms with Gasteiger partial charge in [-0.15, -0.1) is 11.3 Å². The van der Waals surface area contributed by atoms with E-state index < -0.39 is 0 Å². The average molecular weight is 316 g/mol. The lowest BCUT2D eigenvalue weighted by Crippen LogP contribution is -2.24. The number of carbonyl (C=O) groups excluding carboxylic acids is 1. The van der Waals surface area contributed by atoms with E-state index in [2.05, 4.69) is 15.1 Å². The van der Waals surface area contributed by atoms with Crippen LogP contribution in [-0.4, -0.2) is 37.5 Å². The third-order valence-corrected chi connectivity index (χ3v) is 4.44. The Labute approximate surface area is 129 Å². The standard InChI is InChI=1S/C13H12N6O2S/c1-18-5-8-10(12-16-9(4-14)17-21-12)15-6-19(8)7-2-3-22-11(7)13(18)20/h2-3,6H,4-5,14H2,1H3. The van der Waals surface area contributed by atoms with Gasteiger partial charge < -0.3 is 15.2 Å². The monoisotopic (exact) mass is 316 g/mol. The normalized spacial score (nSPS) is 13.9. The minimum absolute atomic E-state index is 0.00664. The van der Waals surface area contributed by atoms with E-state index in [1.54, 1.807) is 18.3 Å². The molecule has 3 aromatic heterocycles. The largest absolute Gasteiger partial charge is 0.335 e. The molecule has 4 rings (SSSR count). The number of nitrogens with two attached hydrogens (primary N) is 1. The number of hydrogen-bond donors (Lipinski definition) is 1. The van der Waals surface area contributed by atoms with Crippen molar-refractivity contribution in [2.24, 2.45) is 5.73 Å². The Bertz CT molecular complexity index is 864. The summed E-state index contributed by atoms with van der Waals surface area (Å²) in [6, 6.07) is 1.91. The molecule has 0 unspecified atom stereocenters. The summed E-state index contributed by atoms with van der Waals surface area (Å²) in [5.41, 5.74) is 7.74. The maximum Gasteiger partial charge on any atom is 0.278 e. The van der Waals surface area contributed by atoms with Crippen LogP contribution in [0.2, 0.25) is 0 Å². The van der Waals surface area contributed by atoms with Gasteiger partial charge in [0.15, 0.2) is 11.5 Å². The lowest BCUT2D eigenvalue weighted by atomic mass is 10.3. The molecule has 0 fully saturated rings. The molecule has 1 amide bonds. The highest BCUT2D eigenvalue weighted by atomic mass is 32.1. The first kappa shape index (κ1) is 13.2. The van der Waals surface area contributed by atoms with Crippen molar-refractivity contribution in [2.75, 3.05) is 7.05 Å². The van der Waals surface area contributed by atoms with Crippen molar-refractivity contribution in [3.8, 4) is 17.3 Å². The van der Waals surface area contributed by atoms with Crippen molar-refractivity contribution in [1.82, 2.24) is 24.6 Å². The molecule has 0 saturated heterocycles. The van der Waals surface area contributed by atoms with Gasteiger partial charge >= 0.3 is 0 Å². The molecule has 0 bridgehead atoms. The lowest BCUT2D eigenvalue weighted by Gasteiger charge is -2.13. The lowest BCUT2D eigenvalue weighted by molar-refractivity contribution is 0.0792. The number of imidazole rings is 1. The maximum absolute atomic E-state index is 12.4. The Morgan fingerprint density at radius 3 is 3.14 bits per heavy atom. The van der Waals surface area contributed by atoms with E-state index in [1.165, 1.54) is 11.3 Å². The predicted molar refractivity (Wildman–Crippen MR) is 78.4 cm³/mol. The predicted octanol–water partition coefficient (Wildman–Crippen LogP) is 1.03. The van der Waals surface area contributed by atoms with Crippen LogP contribution in [-0.2, 0) is 13.1 Å². The van der Waals surface area contributed by atoms with Gasteiger partial charge in [0.05, 0.1) is 24.5 Å². The first-order valence-corrected chi connectivity index (χ1v) is 7.49. The first-order valence-electron chi connectivity index (χ1n) is 6.61. The SMILES string of the molecule is CN1Cc2c(-c3nc(CN)no3)ncn2-c2ccsc2C1=O. The average Bonchev–Trinajstić information content (AvgIpc) is 3.23. The van der Waals surface area contributed by atoms with Gasteiger partial charge in [0.25, 0.3) is 11.8 Å². The minimum atomic E-state index is -0.00664. The first-order chi connectivity index (χ1) is 10.7. The summed E-state index contributed by atoms with van der Waals surface area (Å²) in [6.45, 7) is 0.614. The van der Waals surface area contributed by atoms with Gasteiger partial charge in [-0.05, 0) is 11.4 Å². The van der Waals surface area contributed by atoms with E-state index >= 15 is 0 Å². The van der Waals surface area contributed by atoms with Crippen LogP contribution >= 0.6 is 11.3 Å². The van der Waals surface area contributed by atoms with Crippen molar-refractivity contribution in [3.05, 3.63) is 34.2 Å². The molecule has 22 heavy (non-hydrogen) atoms. The number of hydrogen-bond acceptors (Lipinski definition) is 7. The van der Waals surface area contributed by atoms with Crippen LogP contribution in [0, 0.1) is 0 Å². The van der Waals surface area contributed by atoms with Crippen LogP contribution in [0.15, 0.2) is 22.3 Å². The fourth-order valence-electron chi connectivity index (χ4n) is 2.47. The molecular weight excluding hydrogens is 304 g/mol. The van der Waals surface area contributed by atoms with E-state index in [-0.39, 0.29) is 12.5 Å². The molecule has 112 valence electrons. The van der Waals surface area contributed by atoms with Gasteiger partial charge in [0.1, 0.15) is 11.2 Å². The molecule has 0 radical (unpaired) electrons. The van der Waals surface area contributed by atoms with Gasteiger partial charge in [-0.2, -0.15) is 4.98 Å². The van der Waals surface area contributed by atoms with Gasteiger partial charge in [0.2, 0.25) is 0 Å². The zero-order chi connectivity index (χ0) is 15.3. The Kier molecular flexibility index (Phi) is 2.84. The molecule has 0 aromatic carbocycles. The third-order valence-electron chi connectivity index (χ3n) is 3.55. The smallest absolute Gasteiger partial charge is 0.278 e. The summed E-state index contributed by atoms with van der Waals surface area (Å²) in [7, 11) is 1.76. The number of thiophene rings is 1. The number of amides is 1. The number of nitrogens with zero attached hydrogens (tertiary/aromatic N) is 5. The number of fused-ring (bicyclic) bond motifs is 3. The van der Waals surface area contributed by atoms with E-state index in [4.69, 9.17) is 10.3 Å². The molecule has 0 aliphatic carbocycles. The molecule has 1 aliphatic heterocycles. The van der Waals surface area contributed by atoms with Crippen molar-refractivity contribution in [1.29, 1.82) is 0 Å². The molecule has 0 spiro atoms. The summed E-state index contributed by atoms with van der Waals surface area (Å²) >= 11 is 1.42. The van der Waals surface area contributed by atoms with E-state index in [9.17, 15) is 4.79 Å². The second-order valence-corrected chi connectivity index (χ2v) is 5.84. The Hall–Kier alpha value is -2.52. The van der Waals surface area contributed by atoms with Crippen molar-refractivity contribution in [2.45, 2.75) is 13.1 Å². The summed E-state index contributed by atoms with van der Waals surface area (Å²) in [5, 5.41) is 5.69. The highest BCUT2D eigenvalue weighted by Crippen LogP contribution is 2.32. The van der Waals surface area contributed by atoms with Crippen LogP contribution in [0.4, 0.5) is 0 Å². The number of carbonyl (C=O) groups is 1. The topological polar surface area (TPSA) is 103 Å². The Morgan fingerprint density at radius 2 is 2.36 bits per heavy atom. The highest BCUT2D eigenvalue weighted by molar-refractivity contribution is 7.12. The van der Waals surface area contributed by atoms with Crippen molar-refractivity contribution in [3.63, 3.8) is 0 Å². The van der Waals surface area contributed by atoms with Crippen LogP contribution in [0.5, 0.6) is 0 Å². The highest BCUT2D eigenvalue weighted by Gasteiger charge is 2.29. The van der Waals surface area contributed by atoms with Crippen LogP contribution in [0.1, 0.15) is 21.2 Å². The van der Waals surface area contributed by atoms with Crippen molar-refractivity contribution < 1.29 is 9.32 Å². The number of aromatic nitrogens is 4. The Morgan fingerprint density at radius 1 is 1.50 bits per heavy atom. The van der Waals surface area contributed by atoms with Gasteiger partial charge in [-0.1, -0.05) is 5.16 Å². The summed E-state index contributed by atoms with van der Waals surface area (Å²) in [4.78, 5) is 23.3. The number of rotatable bonds is 2. The molecule has 2 N–H and O–H groups in total. The fourth-order valence-corrected chi connectivity index (χ4v) is 3.34. The van der Waals surface area contributed by atoms with Gasteiger partial charge in [0, 0.05) is 7.05 Å². The molecule has 3 aromatic rings. The second kappa shape index (κ2) is 4.75. The zero-order valence-electron chi connectivity index (χ0n) is 11.7. The van der Waals surface area contributed by atoms with Crippen molar-refractivity contribution >= 4 is 17.2 Å². The van der Waals surface area contributed by atoms with E-state index in [0.717, 1.165) is 11.4 Å². The van der Waals surface area contributed by atoms with Gasteiger partial charge in [-0.25, -0.2) is 4.98 Å². The second-order valence-electron chi connectivity index (χ2n) is 4.93. The summed E-state index contributed by atoms with van der Waals surface area (Å²) in [6.07, 6.45) is 1.68. The van der Waals surface area contributed by atoms with E-state index in [0.29, 0.717) is 28.8 Å². The van der Waals surface area contributed by atoms with Gasteiger partial charge in [-0.3, -0.25) is 9.36 Å². The summed E-state index contributed by atoms with van der Waals surface area (Å²) < 4.78 is 7.12. The molecule has 1 aliphatic rings. The quantitative estimate of drug-likeness (QED) is 0.757. The van der Waals surface area contributed by atoms with E-state index in [1.807, 2.05) is 16.0 Å². The van der Waals surface area contributed by atoms with Crippen LogP contribution in [0.3, 0.4) is 0 Å². The molecular formula is C13H12N6O2S. The third kappa shape index (κ3) is 1.79. The molecule has 4 heterocycles. The molecule has 9 heteroatoms. The minimum Gasteiger partial charge on any atom is -0.335 e. The zero-order valence-corrected chi connectivity index (χ0v) is 12.5. The van der Waals surface area contributed by atoms with Crippen LogP contribution in [0.25, 0.3) is 17.3 Å². The Balaban J connectivity index is 1.90. The maximum atomic E-state index is 12.4. The van der Waals surface area contributed by atoms with Crippen LogP contribution < -0.4 is 5.73 Å².